The molecule has 152 valence electrons. The van der Waals surface area contributed by atoms with E-state index in [1.807, 2.05) is 84.9 Å². The van der Waals surface area contributed by atoms with Crippen LogP contribution in [0.3, 0.4) is 0 Å². The van der Waals surface area contributed by atoms with Crippen molar-refractivity contribution < 1.29 is 14.3 Å². The minimum absolute atomic E-state index is 0.349. The van der Waals surface area contributed by atoms with Crippen molar-refractivity contribution >= 4 is 17.7 Å². The van der Waals surface area contributed by atoms with Crippen LogP contribution >= 0.6 is 0 Å². The molecule has 1 atom stereocenters. The van der Waals surface area contributed by atoms with Crippen LogP contribution in [0.2, 0.25) is 0 Å². The van der Waals surface area contributed by atoms with E-state index < -0.39 is 5.97 Å². The van der Waals surface area contributed by atoms with E-state index in [0.717, 1.165) is 16.7 Å². The number of anilines is 1. The van der Waals surface area contributed by atoms with E-state index in [4.69, 9.17) is 0 Å². The predicted molar refractivity (Wildman–Crippen MR) is 119 cm³/mol. The van der Waals surface area contributed by atoms with Crippen molar-refractivity contribution in [1.29, 1.82) is 0 Å². The van der Waals surface area contributed by atoms with Crippen molar-refractivity contribution in [2.45, 2.75) is 12.5 Å². The lowest BCUT2D eigenvalue weighted by Crippen LogP contribution is -2.38. The minimum atomic E-state index is -0.466. The molecule has 0 radical (unpaired) electrons. The number of amides is 2. The molecule has 0 saturated heterocycles. The van der Waals surface area contributed by atoms with Gasteiger partial charge in [0.05, 0.1) is 13.2 Å². The molecule has 0 aromatic heterocycles. The molecule has 0 fully saturated rings. The van der Waals surface area contributed by atoms with Gasteiger partial charge in [-0.3, -0.25) is 0 Å². The first-order valence-corrected chi connectivity index (χ1v) is 9.67. The van der Waals surface area contributed by atoms with Crippen molar-refractivity contribution in [3.8, 4) is 11.1 Å². The van der Waals surface area contributed by atoms with Gasteiger partial charge in [-0.1, -0.05) is 78.9 Å². The molecule has 30 heavy (non-hydrogen) atoms. The van der Waals surface area contributed by atoms with Crippen LogP contribution in [0.4, 0.5) is 10.5 Å². The van der Waals surface area contributed by atoms with Crippen LogP contribution in [0, 0.1) is 0 Å². The first-order valence-electron chi connectivity index (χ1n) is 9.67. The second-order valence-electron chi connectivity index (χ2n) is 6.72. The smallest absolute Gasteiger partial charge is 0.330 e. The highest BCUT2D eigenvalue weighted by molar-refractivity contribution is 5.90. The standard InChI is InChI=1S/C25H24N2O3/c1-30-24(28)17-16-23(18-19-8-4-2-5-9-19)27-25(29)26-22-14-12-21(13-15-22)20-10-6-3-7-11-20/h2-17,23H,18H2,1H3,(H2,26,27,29)/b17-16+/t23-/m1/s1. The van der Waals surface area contributed by atoms with E-state index in [1.165, 1.54) is 13.2 Å². The molecule has 3 aromatic carbocycles. The van der Waals surface area contributed by atoms with Crippen LogP contribution in [0.5, 0.6) is 0 Å². The number of esters is 1. The molecule has 5 nitrogen and oxygen atoms in total. The van der Waals surface area contributed by atoms with E-state index in [9.17, 15) is 9.59 Å². The molecule has 0 bridgehead atoms. The summed E-state index contributed by atoms with van der Waals surface area (Å²) in [5.74, 6) is -0.466. The minimum Gasteiger partial charge on any atom is -0.466 e. The SMILES string of the molecule is COC(=O)/C=C/[C@H](Cc1ccccc1)NC(=O)Nc1ccc(-c2ccccc2)cc1. The molecule has 0 aliphatic heterocycles. The van der Waals surface area contributed by atoms with Crippen molar-refractivity contribution in [3.63, 3.8) is 0 Å². The fourth-order valence-corrected chi connectivity index (χ4v) is 3.01. The number of ether oxygens (including phenoxy) is 1. The average molecular weight is 400 g/mol. The van der Waals surface area contributed by atoms with Gasteiger partial charge in [0, 0.05) is 11.8 Å². The van der Waals surface area contributed by atoms with Gasteiger partial charge in [-0.15, -0.1) is 0 Å². The monoisotopic (exact) mass is 400 g/mol. The van der Waals surface area contributed by atoms with Crippen LogP contribution < -0.4 is 10.6 Å². The van der Waals surface area contributed by atoms with E-state index >= 15 is 0 Å². The lowest BCUT2D eigenvalue weighted by molar-refractivity contribution is -0.134. The van der Waals surface area contributed by atoms with Gasteiger partial charge < -0.3 is 15.4 Å². The topological polar surface area (TPSA) is 67.4 Å². The Kier molecular flexibility index (Phi) is 7.39. The van der Waals surface area contributed by atoms with Crippen LogP contribution in [0.1, 0.15) is 5.56 Å². The fourth-order valence-electron chi connectivity index (χ4n) is 3.01. The van der Waals surface area contributed by atoms with Crippen molar-refractivity contribution in [1.82, 2.24) is 5.32 Å². The number of methoxy groups -OCH3 is 1. The van der Waals surface area contributed by atoms with Crippen molar-refractivity contribution in [2.75, 3.05) is 12.4 Å². The molecule has 5 heteroatoms. The maximum atomic E-state index is 12.5. The Balaban J connectivity index is 1.64. The Bertz CT molecular complexity index is 984. The Morgan fingerprint density at radius 3 is 2.10 bits per heavy atom. The number of benzene rings is 3. The number of nitrogens with one attached hydrogen (secondary N) is 2. The third kappa shape index (κ3) is 6.34. The second kappa shape index (κ2) is 10.6. The van der Waals surface area contributed by atoms with Gasteiger partial charge in [-0.25, -0.2) is 9.59 Å². The summed E-state index contributed by atoms with van der Waals surface area (Å²) in [6, 6.07) is 26.7. The Hall–Kier alpha value is -3.86. The van der Waals surface area contributed by atoms with E-state index in [2.05, 4.69) is 15.4 Å². The van der Waals surface area contributed by atoms with Crippen LogP contribution in [-0.4, -0.2) is 25.2 Å². The quantitative estimate of drug-likeness (QED) is 0.442. The molecule has 2 N–H and O–H groups in total. The molecular formula is C25H24N2O3. The molecular weight excluding hydrogens is 376 g/mol. The highest BCUT2D eigenvalue weighted by Gasteiger charge is 2.11. The van der Waals surface area contributed by atoms with Gasteiger partial charge in [0.15, 0.2) is 0 Å². The fraction of sp³-hybridized carbons (Fsp3) is 0.120. The highest BCUT2D eigenvalue weighted by atomic mass is 16.5. The number of carbonyl (C=O) groups excluding carboxylic acids is 2. The first kappa shape index (κ1) is 20.9. The normalized spacial score (nSPS) is 11.6. The summed E-state index contributed by atoms with van der Waals surface area (Å²) < 4.78 is 4.65. The molecule has 0 saturated carbocycles. The summed E-state index contributed by atoms with van der Waals surface area (Å²) in [7, 11) is 1.32. The molecule has 2 amide bonds. The molecule has 0 unspecified atom stereocenters. The van der Waals surface area contributed by atoms with Gasteiger partial charge >= 0.3 is 12.0 Å². The summed E-state index contributed by atoms with van der Waals surface area (Å²) in [6.07, 6.45) is 3.51. The van der Waals surface area contributed by atoms with Crippen molar-refractivity contribution in [2.24, 2.45) is 0 Å². The Morgan fingerprint density at radius 2 is 1.47 bits per heavy atom. The summed E-state index contributed by atoms with van der Waals surface area (Å²) in [6.45, 7) is 0. The Morgan fingerprint density at radius 1 is 0.867 bits per heavy atom. The third-order valence-corrected chi connectivity index (χ3v) is 4.53. The molecule has 0 aliphatic carbocycles. The molecule has 0 heterocycles. The number of urea groups is 1. The van der Waals surface area contributed by atoms with E-state index in [-0.39, 0.29) is 12.1 Å². The predicted octanol–water partition coefficient (Wildman–Crippen LogP) is 4.82. The number of hydrogen-bond donors (Lipinski definition) is 2. The third-order valence-electron chi connectivity index (χ3n) is 4.53. The summed E-state index contributed by atoms with van der Waals surface area (Å²) in [4.78, 5) is 24.0. The van der Waals surface area contributed by atoms with Crippen molar-refractivity contribution in [3.05, 3.63) is 103 Å². The van der Waals surface area contributed by atoms with Gasteiger partial charge in [0.2, 0.25) is 0 Å². The largest absolute Gasteiger partial charge is 0.466 e. The zero-order chi connectivity index (χ0) is 21.2. The van der Waals surface area contributed by atoms with Crippen LogP contribution in [0.15, 0.2) is 97.1 Å². The van der Waals surface area contributed by atoms with E-state index in [0.29, 0.717) is 12.1 Å². The summed E-state index contributed by atoms with van der Waals surface area (Å²) in [5, 5.41) is 5.73. The number of hydrogen-bond acceptors (Lipinski definition) is 3. The second-order valence-corrected chi connectivity index (χ2v) is 6.72. The van der Waals surface area contributed by atoms with Gasteiger partial charge in [-0.2, -0.15) is 0 Å². The average Bonchev–Trinajstić information content (AvgIpc) is 2.79. The molecule has 0 spiro atoms. The molecule has 3 aromatic rings. The lowest BCUT2D eigenvalue weighted by Gasteiger charge is -2.16. The first-order chi connectivity index (χ1) is 14.6. The Labute approximate surface area is 176 Å². The highest BCUT2D eigenvalue weighted by Crippen LogP contribution is 2.21. The lowest BCUT2D eigenvalue weighted by atomic mass is 10.1. The van der Waals surface area contributed by atoms with Crippen LogP contribution in [0.25, 0.3) is 11.1 Å². The number of rotatable bonds is 7. The zero-order valence-corrected chi connectivity index (χ0v) is 16.7. The summed E-state index contributed by atoms with van der Waals surface area (Å²) in [5.41, 5.74) is 3.92. The molecule has 3 rings (SSSR count). The maximum Gasteiger partial charge on any atom is 0.330 e. The zero-order valence-electron chi connectivity index (χ0n) is 16.7. The summed E-state index contributed by atoms with van der Waals surface area (Å²) >= 11 is 0. The maximum absolute atomic E-state index is 12.5. The van der Waals surface area contributed by atoms with Gasteiger partial charge in [0.1, 0.15) is 0 Å². The van der Waals surface area contributed by atoms with Gasteiger partial charge in [0.25, 0.3) is 0 Å². The van der Waals surface area contributed by atoms with E-state index in [1.54, 1.807) is 6.08 Å². The van der Waals surface area contributed by atoms with Gasteiger partial charge in [-0.05, 0) is 35.2 Å². The molecule has 0 aliphatic rings. The van der Waals surface area contributed by atoms with Crippen LogP contribution in [-0.2, 0) is 16.0 Å². The number of carbonyl (C=O) groups is 2.